The highest BCUT2D eigenvalue weighted by Gasteiger charge is 2.57. The summed E-state index contributed by atoms with van der Waals surface area (Å²) >= 11 is 0. The average Bonchev–Trinajstić information content (AvgIpc) is 3.01. The van der Waals surface area contributed by atoms with E-state index in [-0.39, 0.29) is 23.8 Å². The first kappa shape index (κ1) is 18.1. The molecular formula is C21H25N3O3. The van der Waals surface area contributed by atoms with Crippen molar-refractivity contribution in [3.8, 4) is 0 Å². The Balaban J connectivity index is 1.74. The number of hydrogen-bond acceptors (Lipinski definition) is 5. The SMILES string of the molecule is CC1(O)CC2NNC(O)C2C(c2ccccc2)C1C(=O)Nc1ccccc1. The molecule has 1 aliphatic heterocycles. The largest absolute Gasteiger partial charge is 0.389 e. The van der Waals surface area contributed by atoms with Gasteiger partial charge < -0.3 is 15.5 Å². The van der Waals surface area contributed by atoms with Crippen molar-refractivity contribution < 1.29 is 15.0 Å². The zero-order valence-electron chi connectivity index (χ0n) is 15.2. The quantitative estimate of drug-likeness (QED) is 0.568. The lowest BCUT2D eigenvalue weighted by Gasteiger charge is -2.47. The van der Waals surface area contributed by atoms with Crippen LogP contribution in [0, 0.1) is 11.8 Å². The van der Waals surface area contributed by atoms with E-state index in [0.717, 1.165) is 5.56 Å². The van der Waals surface area contributed by atoms with E-state index in [1.807, 2.05) is 60.7 Å². The summed E-state index contributed by atoms with van der Waals surface area (Å²) in [5.74, 6) is -1.49. The van der Waals surface area contributed by atoms with E-state index in [9.17, 15) is 15.0 Å². The van der Waals surface area contributed by atoms with E-state index < -0.39 is 17.7 Å². The minimum absolute atomic E-state index is 0.124. The van der Waals surface area contributed by atoms with Gasteiger partial charge in [-0.05, 0) is 31.0 Å². The number of fused-ring (bicyclic) bond motifs is 1. The third-order valence-electron chi connectivity index (χ3n) is 5.83. The fraction of sp³-hybridized carbons (Fsp3) is 0.381. The van der Waals surface area contributed by atoms with Gasteiger partial charge in [-0.15, -0.1) is 0 Å². The Labute approximate surface area is 158 Å². The Hall–Kier alpha value is -2.25. The first-order valence-corrected chi connectivity index (χ1v) is 9.30. The van der Waals surface area contributed by atoms with Gasteiger partial charge in [0.25, 0.3) is 0 Å². The lowest BCUT2D eigenvalue weighted by molar-refractivity contribution is -0.138. The molecule has 2 aromatic rings. The van der Waals surface area contributed by atoms with E-state index in [2.05, 4.69) is 16.2 Å². The van der Waals surface area contributed by atoms with Crippen molar-refractivity contribution in [1.82, 2.24) is 10.9 Å². The van der Waals surface area contributed by atoms with Crippen molar-refractivity contribution in [2.24, 2.45) is 11.8 Å². The van der Waals surface area contributed by atoms with Crippen LogP contribution in [-0.4, -0.2) is 34.0 Å². The Morgan fingerprint density at radius 2 is 1.70 bits per heavy atom. The van der Waals surface area contributed by atoms with Crippen molar-refractivity contribution in [3.63, 3.8) is 0 Å². The highest BCUT2D eigenvalue weighted by Crippen LogP contribution is 2.49. The topological polar surface area (TPSA) is 93.6 Å². The number of hydrogen-bond donors (Lipinski definition) is 5. The number of carbonyl (C=O) groups is 1. The number of aliphatic hydroxyl groups is 2. The Morgan fingerprint density at radius 3 is 2.37 bits per heavy atom. The van der Waals surface area contributed by atoms with Crippen LogP contribution in [0.2, 0.25) is 0 Å². The third-order valence-corrected chi connectivity index (χ3v) is 5.83. The van der Waals surface area contributed by atoms with Crippen molar-refractivity contribution in [2.75, 3.05) is 5.32 Å². The number of para-hydroxylation sites is 1. The third kappa shape index (κ3) is 3.37. The van der Waals surface area contributed by atoms with E-state index >= 15 is 0 Å². The van der Waals surface area contributed by atoms with Crippen LogP contribution in [0.1, 0.15) is 24.8 Å². The standard InChI is InChI=1S/C21H25N3O3/c1-21(27)12-15-17(19(25)24-23-15)16(13-8-4-2-5-9-13)18(21)20(26)22-14-10-6-3-7-11-14/h2-11,15-19,23-25,27H,12H2,1H3,(H,22,26). The van der Waals surface area contributed by atoms with Crippen LogP contribution < -0.4 is 16.2 Å². The number of amides is 1. The monoisotopic (exact) mass is 367 g/mol. The van der Waals surface area contributed by atoms with Crippen LogP contribution in [0.3, 0.4) is 0 Å². The van der Waals surface area contributed by atoms with Crippen molar-refractivity contribution in [1.29, 1.82) is 0 Å². The van der Waals surface area contributed by atoms with Crippen LogP contribution in [0.5, 0.6) is 0 Å². The molecule has 1 aliphatic carbocycles. The molecule has 142 valence electrons. The Morgan fingerprint density at radius 1 is 1.07 bits per heavy atom. The van der Waals surface area contributed by atoms with Crippen LogP contribution in [0.15, 0.2) is 60.7 Å². The van der Waals surface area contributed by atoms with Gasteiger partial charge in [-0.1, -0.05) is 48.5 Å². The number of aliphatic hydroxyl groups excluding tert-OH is 1. The highest BCUT2D eigenvalue weighted by atomic mass is 16.3. The summed E-state index contributed by atoms with van der Waals surface area (Å²) in [5, 5.41) is 24.7. The fourth-order valence-electron chi connectivity index (χ4n) is 4.70. The second kappa shape index (κ2) is 7.05. The number of benzene rings is 2. The summed E-state index contributed by atoms with van der Waals surface area (Å²) in [4.78, 5) is 13.3. The van der Waals surface area contributed by atoms with Gasteiger partial charge in [0, 0.05) is 23.6 Å². The number of rotatable bonds is 3. The van der Waals surface area contributed by atoms with Gasteiger partial charge in [-0.2, -0.15) is 0 Å². The van der Waals surface area contributed by atoms with Crippen LogP contribution in [0.25, 0.3) is 0 Å². The zero-order chi connectivity index (χ0) is 19.0. The second-order valence-corrected chi connectivity index (χ2v) is 7.75. The summed E-state index contributed by atoms with van der Waals surface area (Å²) in [6, 6.07) is 18.8. The molecule has 6 unspecified atom stereocenters. The van der Waals surface area contributed by atoms with E-state index in [1.165, 1.54) is 0 Å². The predicted molar refractivity (Wildman–Crippen MR) is 103 cm³/mol. The maximum absolute atomic E-state index is 13.3. The van der Waals surface area contributed by atoms with Crippen LogP contribution >= 0.6 is 0 Å². The lowest BCUT2D eigenvalue weighted by atomic mass is 9.60. The molecule has 27 heavy (non-hydrogen) atoms. The molecule has 1 saturated carbocycles. The minimum Gasteiger partial charge on any atom is -0.389 e. The molecule has 1 saturated heterocycles. The molecule has 0 bridgehead atoms. The van der Waals surface area contributed by atoms with Gasteiger partial charge >= 0.3 is 0 Å². The summed E-state index contributed by atoms with van der Waals surface area (Å²) in [6.07, 6.45) is -0.416. The van der Waals surface area contributed by atoms with Gasteiger partial charge in [0.15, 0.2) is 0 Å². The van der Waals surface area contributed by atoms with E-state index in [1.54, 1.807) is 6.92 Å². The van der Waals surface area contributed by atoms with Crippen molar-refractivity contribution in [3.05, 3.63) is 66.2 Å². The first-order chi connectivity index (χ1) is 13.0. The summed E-state index contributed by atoms with van der Waals surface area (Å²) < 4.78 is 0. The van der Waals surface area contributed by atoms with E-state index in [0.29, 0.717) is 12.1 Å². The molecule has 1 amide bonds. The summed E-state index contributed by atoms with van der Waals surface area (Å²) in [5.41, 5.74) is 6.35. The molecule has 2 fully saturated rings. The highest BCUT2D eigenvalue weighted by molar-refractivity contribution is 5.94. The predicted octanol–water partition coefficient (Wildman–Crippen LogP) is 1.59. The number of nitrogens with one attached hydrogen (secondary N) is 3. The molecule has 4 rings (SSSR count). The number of hydrazine groups is 1. The number of anilines is 1. The molecule has 2 aromatic carbocycles. The van der Waals surface area contributed by atoms with Gasteiger partial charge in [-0.3, -0.25) is 10.2 Å². The van der Waals surface area contributed by atoms with E-state index in [4.69, 9.17) is 0 Å². The summed E-state index contributed by atoms with van der Waals surface area (Å²) in [7, 11) is 0. The molecule has 6 atom stereocenters. The molecule has 0 aromatic heterocycles. The molecule has 2 aliphatic rings. The summed E-state index contributed by atoms with van der Waals surface area (Å²) in [6.45, 7) is 1.71. The van der Waals surface area contributed by atoms with Gasteiger partial charge in [0.2, 0.25) is 5.91 Å². The molecule has 6 nitrogen and oxygen atoms in total. The van der Waals surface area contributed by atoms with Crippen molar-refractivity contribution in [2.45, 2.75) is 37.1 Å². The molecule has 6 heteroatoms. The number of carbonyl (C=O) groups excluding carboxylic acids is 1. The lowest BCUT2D eigenvalue weighted by Crippen LogP contribution is -2.57. The fourth-order valence-corrected chi connectivity index (χ4v) is 4.70. The van der Waals surface area contributed by atoms with Gasteiger partial charge in [0.1, 0.15) is 6.23 Å². The molecule has 0 spiro atoms. The second-order valence-electron chi connectivity index (χ2n) is 7.75. The normalized spacial score (nSPS) is 35.4. The maximum Gasteiger partial charge on any atom is 0.231 e. The Kier molecular flexibility index (Phi) is 4.74. The maximum atomic E-state index is 13.3. The van der Waals surface area contributed by atoms with Crippen molar-refractivity contribution >= 4 is 11.6 Å². The first-order valence-electron chi connectivity index (χ1n) is 9.30. The molecule has 1 heterocycles. The zero-order valence-corrected chi connectivity index (χ0v) is 15.2. The molecular weight excluding hydrogens is 342 g/mol. The van der Waals surface area contributed by atoms with Crippen LogP contribution in [-0.2, 0) is 4.79 Å². The van der Waals surface area contributed by atoms with Gasteiger partial charge in [-0.25, -0.2) is 5.43 Å². The smallest absolute Gasteiger partial charge is 0.231 e. The molecule has 5 N–H and O–H groups in total. The Bertz CT molecular complexity index is 797. The van der Waals surface area contributed by atoms with Gasteiger partial charge in [0.05, 0.1) is 11.5 Å². The average molecular weight is 367 g/mol. The van der Waals surface area contributed by atoms with Crippen LogP contribution in [0.4, 0.5) is 5.69 Å². The molecule has 0 radical (unpaired) electrons. The minimum atomic E-state index is -1.22.